The first-order valence-electron chi connectivity index (χ1n) is 5.37. The average Bonchev–Trinajstić information content (AvgIpc) is 2.89. The van der Waals surface area contributed by atoms with Gasteiger partial charge in [-0.2, -0.15) is 0 Å². The van der Waals surface area contributed by atoms with Crippen LogP contribution in [0.5, 0.6) is 0 Å². The molecule has 1 aromatic heterocycles. The highest BCUT2D eigenvalue weighted by Gasteiger charge is 2.07. The first-order valence-corrected chi connectivity index (χ1v) is 5.37. The van der Waals surface area contributed by atoms with E-state index in [-0.39, 0.29) is 5.91 Å². The molecule has 0 radical (unpaired) electrons. The molecule has 0 atom stereocenters. The number of aliphatic carboxylic acids is 1. The zero-order valence-corrected chi connectivity index (χ0v) is 9.74. The number of nitrogens with zero attached hydrogens (tertiary/aromatic N) is 1. The molecule has 0 spiro atoms. The molecular weight excluding hydrogens is 248 g/mol. The van der Waals surface area contributed by atoms with Crippen molar-refractivity contribution in [2.24, 2.45) is 0 Å². The smallest absolute Gasteiger partial charge is 0.328 e. The van der Waals surface area contributed by atoms with E-state index in [0.29, 0.717) is 16.8 Å². The van der Waals surface area contributed by atoms with Crippen LogP contribution in [0, 0.1) is 0 Å². The second-order valence-corrected chi connectivity index (χ2v) is 3.66. The van der Waals surface area contributed by atoms with Gasteiger partial charge in [0.15, 0.2) is 0 Å². The van der Waals surface area contributed by atoms with E-state index < -0.39 is 5.97 Å². The molecule has 6 heteroatoms. The predicted octanol–water partition coefficient (Wildman–Crippen LogP) is 2.02. The van der Waals surface area contributed by atoms with Gasteiger partial charge in [0.05, 0.1) is 6.20 Å². The Kier molecular flexibility index (Phi) is 3.72. The van der Waals surface area contributed by atoms with Gasteiger partial charge in [0.25, 0.3) is 5.91 Å². The van der Waals surface area contributed by atoms with Crippen molar-refractivity contribution in [3.05, 3.63) is 53.9 Å². The molecule has 6 nitrogen and oxygen atoms in total. The fourth-order valence-electron chi connectivity index (χ4n) is 1.42. The molecule has 0 aliphatic carbocycles. The summed E-state index contributed by atoms with van der Waals surface area (Å²) >= 11 is 0. The largest absolute Gasteiger partial charge is 0.478 e. The highest BCUT2D eigenvalue weighted by atomic mass is 16.5. The SMILES string of the molecule is O=C(O)C=Cc1cccc(C(=O)Nc2cnoc2)c1. The second kappa shape index (κ2) is 5.63. The second-order valence-electron chi connectivity index (χ2n) is 3.66. The van der Waals surface area contributed by atoms with Crippen molar-refractivity contribution in [2.45, 2.75) is 0 Å². The molecular formula is C13H10N2O4. The summed E-state index contributed by atoms with van der Waals surface area (Å²) in [6.07, 6.45) is 5.12. The minimum atomic E-state index is -1.04. The highest BCUT2D eigenvalue weighted by molar-refractivity contribution is 6.04. The first kappa shape index (κ1) is 12.6. The molecule has 0 unspecified atom stereocenters. The summed E-state index contributed by atoms with van der Waals surface area (Å²) in [5.41, 5.74) is 1.49. The van der Waals surface area contributed by atoms with Crippen LogP contribution in [0.2, 0.25) is 0 Å². The average molecular weight is 258 g/mol. The van der Waals surface area contributed by atoms with Crippen LogP contribution in [0.25, 0.3) is 6.08 Å². The Balaban J connectivity index is 2.14. The molecule has 2 rings (SSSR count). The van der Waals surface area contributed by atoms with E-state index in [4.69, 9.17) is 5.11 Å². The fourth-order valence-corrected chi connectivity index (χ4v) is 1.42. The summed E-state index contributed by atoms with van der Waals surface area (Å²) in [6, 6.07) is 6.59. The zero-order valence-electron chi connectivity index (χ0n) is 9.74. The third-order valence-electron chi connectivity index (χ3n) is 2.26. The number of amides is 1. The van der Waals surface area contributed by atoms with E-state index in [9.17, 15) is 9.59 Å². The molecule has 0 aliphatic rings. The van der Waals surface area contributed by atoms with E-state index in [0.717, 1.165) is 6.08 Å². The van der Waals surface area contributed by atoms with Crippen LogP contribution >= 0.6 is 0 Å². The van der Waals surface area contributed by atoms with Gasteiger partial charge in [-0.3, -0.25) is 4.79 Å². The number of benzene rings is 1. The number of hydrogen-bond acceptors (Lipinski definition) is 4. The van der Waals surface area contributed by atoms with Crippen LogP contribution in [0.3, 0.4) is 0 Å². The van der Waals surface area contributed by atoms with E-state index in [2.05, 4.69) is 15.0 Å². The summed E-state index contributed by atoms with van der Waals surface area (Å²) in [4.78, 5) is 22.3. The van der Waals surface area contributed by atoms with Gasteiger partial charge < -0.3 is 14.9 Å². The predicted molar refractivity (Wildman–Crippen MR) is 67.6 cm³/mol. The summed E-state index contributed by atoms with van der Waals surface area (Å²) in [5.74, 6) is -1.37. The molecule has 2 N–H and O–H groups in total. The number of carboxylic acids is 1. The van der Waals surface area contributed by atoms with E-state index in [1.54, 1.807) is 24.3 Å². The Morgan fingerprint density at radius 3 is 2.89 bits per heavy atom. The Bertz CT molecular complexity index is 617. The van der Waals surface area contributed by atoms with Crippen molar-refractivity contribution in [1.82, 2.24) is 5.16 Å². The van der Waals surface area contributed by atoms with Crippen molar-refractivity contribution in [3.63, 3.8) is 0 Å². The van der Waals surface area contributed by atoms with Gasteiger partial charge in [-0.05, 0) is 23.8 Å². The Labute approximate surface area is 108 Å². The van der Waals surface area contributed by atoms with Crippen molar-refractivity contribution in [3.8, 4) is 0 Å². The van der Waals surface area contributed by atoms with Gasteiger partial charge >= 0.3 is 5.97 Å². The minimum absolute atomic E-state index is 0.325. The van der Waals surface area contributed by atoms with Crippen LogP contribution < -0.4 is 5.32 Å². The maximum Gasteiger partial charge on any atom is 0.328 e. The van der Waals surface area contributed by atoms with Crippen molar-refractivity contribution < 1.29 is 19.2 Å². The third-order valence-corrected chi connectivity index (χ3v) is 2.26. The van der Waals surface area contributed by atoms with Gasteiger partial charge in [-0.25, -0.2) is 4.79 Å². The summed E-state index contributed by atoms with van der Waals surface area (Å²) in [5, 5.41) is 14.6. The van der Waals surface area contributed by atoms with E-state index in [1.165, 1.54) is 18.5 Å². The van der Waals surface area contributed by atoms with Crippen molar-refractivity contribution >= 4 is 23.6 Å². The molecule has 0 bridgehead atoms. The molecule has 1 heterocycles. The molecule has 19 heavy (non-hydrogen) atoms. The molecule has 2 aromatic rings. The van der Waals surface area contributed by atoms with E-state index >= 15 is 0 Å². The van der Waals surface area contributed by atoms with Crippen molar-refractivity contribution in [2.75, 3.05) is 5.32 Å². The lowest BCUT2D eigenvalue weighted by molar-refractivity contribution is -0.131. The molecule has 1 amide bonds. The van der Waals surface area contributed by atoms with Crippen LogP contribution in [-0.2, 0) is 4.79 Å². The number of nitrogens with one attached hydrogen (secondary N) is 1. The summed E-state index contributed by atoms with van der Waals surface area (Å²) in [7, 11) is 0. The lowest BCUT2D eigenvalue weighted by atomic mass is 10.1. The Hall–Kier alpha value is -2.89. The molecule has 0 aliphatic heterocycles. The maximum atomic E-state index is 11.9. The van der Waals surface area contributed by atoms with Gasteiger partial charge in [-0.15, -0.1) is 0 Å². The minimum Gasteiger partial charge on any atom is -0.478 e. The number of aromatic nitrogens is 1. The lowest BCUT2D eigenvalue weighted by Crippen LogP contribution is -2.11. The molecule has 0 saturated heterocycles. The Morgan fingerprint density at radius 1 is 1.37 bits per heavy atom. The molecule has 96 valence electrons. The van der Waals surface area contributed by atoms with Crippen LogP contribution in [0.15, 0.2) is 47.3 Å². The number of carbonyl (C=O) groups is 2. The number of rotatable bonds is 4. The number of hydrogen-bond donors (Lipinski definition) is 2. The van der Waals surface area contributed by atoms with Crippen LogP contribution in [0.4, 0.5) is 5.69 Å². The monoisotopic (exact) mass is 258 g/mol. The fraction of sp³-hybridized carbons (Fsp3) is 0. The summed E-state index contributed by atoms with van der Waals surface area (Å²) < 4.78 is 4.60. The van der Waals surface area contributed by atoms with Crippen LogP contribution in [-0.4, -0.2) is 22.1 Å². The number of anilines is 1. The normalized spacial score (nSPS) is 10.5. The topological polar surface area (TPSA) is 92.4 Å². The molecule has 0 saturated carbocycles. The molecule has 1 aromatic carbocycles. The van der Waals surface area contributed by atoms with E-state index in [1.807, 2.05) is 0 Å². The van der Waals surface area contributed by atoms with Gasteiger partial charge in [-0.1, -0.05) is 17.3 Å². The zero-order chi connectivity index (χ0) is 13.7. The summed E-state index contributed by atoms with van der Waals surface area (Å²) in [6.45, 7) is 0. The number of carbonyl (C=O) groups excluding carboxylic acids is 1. The van der Waals surface area contributed by atoms with Crippen molar-refractivity contribution in [1.29, 1.82) is 0 Å². The number of carboxylic acid groups (broad SMARTS) is 1. The van der Waals surface area contributed by atoms with Gasteiger partial charge in [0.2, 0.25) is 0 Å². The Morgan fingerprint density at radius 2 is 2.21 bits per heavy atom. The highest BCUT2D eigenvalue weighted by Crippen LogP contribution is 2.11. The maximum absolute atomic E-state index is 11.9. The quantitative estimate of drug-likeness (QED) is 0.818. The first-order chi connectivity index (χ1) is 9.15. The van der Waals surface area contributed by atoms with Gasteiger partial charge in [0, 0.05) is 11.6 Å². The lowest BCUT2D eigenvalue weighted by Gasteiger charge is -2.02. The van der Waals surface area contributed by atoms with Crippen LogP contribution in [0.1, 0.15) is 15.9 Å². The third kappa shape index (κ3) is 3.53. The molecule has 0 fully saturated rings. The van der Waals surface area contributed by atoms with Gasteiger partial charge in [0.1, 0.15) is 12.0 Å². The standard InChI is InChI=1S/C13H10N2O4/c16-12(17)5-4-9-2-1-3-10(6-9)13(18)15-11-7-14-19-8-11/h1-8H,(H,15,18)(H,16,17).